The summed E-state index contributed by atoms with van der Waals surface area (Å²) in [5.74, 6) is -1.16. The van der Waals surface area contributed by atoms with Crippen molar-refractivity contribution in [3.8, 4) is 6.07 Å². The molecule has 6 heteroatoms. The standard InChI is InChI=1S/C13H6Br2ClNOS/c14-11-5-8(13(15)19-11)12(18)9(6-17)7-3-1-2-4-10(7)16/h1-5,9H. The van der Waals surface area contributed by atoms with Gasteiger partial charge in [-0.3, -0.25) is 4.79 Å². The largest absolute Gasteiger partial charge is 0.292 e. The van der Waals surface area contributed by atoms with E-state index in [1.807, 2.05) is 6.07 Å². The Labute approximate surface area is 136 Å². The van der Waals surface area contributed by atoms with Crippen LogP contribution in [0.5, 0.6) is 0 Å². The summed E-state index contributed by atoms with van der Waals surface area (Å²) in [6, 6.07) is 10.6. The van der Waals surface area contributed by atoms with E-state index >= 15 is 0 Å². The highest BCUT2D eigenvalue weighted by molar-refractivity contribution is 9.12. The highest BCUT2D eigenvalue weighted by Gasteiger charge is 2.26. The lowest BCUT2D eigenvalue weighted by Gasteiger charge is -2.09. The van der Waals surface area contributed by atoms with E-state index in [1.165, 1.54) is 11.3 Å². The van der Waals surface area contributed by atoms with E-state index in [-0.39, 0.29) is 5.78 Å². The van der Waals surface area contributed by atoms with Gasteiger partial charge < -0.3 is 0 Å². The van der Waals surface area contributed by atoms with Crippen LogP contribution in [0.25, 0.3) is 0 Å². The monoisotopic (exact) mass is 417 g/mol. The zero-order valence-corrected chi connectivity index (χ0v) is 14.1. The van der Waals surface area contributed by atoms with E-state index in [0.29, 0.717) is 19.9 Å². The summed E-state index contributed by atoms with van der Waals surface area (Å²) >= 11 is 14.1. The fourth-order valence-electron chi connectivity index (χ4n) is 1.64. The molecule has 0 radical (unpaired) electrons. The number of Topliss-reactive ketones (excluding diaryl/α,β-unsaturated/α-hetero) is 1. The van der Waals surface area contributed by atoms with Crippen LogP contribution >= 0.6 is 54.8 Å². The summed E-state index contributed by atoms with van der Waals surface area (Å²) in [4.78, 5) is 12.4. The van der Waals surface area contributed by atoms with Crippen molar-refractivity contribution in [1.29, 1.82) is 5.26 Å². The van der Waals surface area contributed by atoms with Crippen molar-refractivity contribution in [2.45, 2.75) is 5.92 Å². The molecule has 1 atom stereocenters. The average Bonchev–Trinajstić information content (AvgIpc) is 2.71. The molecular formula is C13H6Br2ClNOS. The number of carbonyl (C=O) groups excluding carboxylic acids is 1. The van der Waals surface area contributed by atoms with Gasteiger partial charge in [0.05, 0.1) is 13.6 Å². The normalized spacial score (nSPS) is 11.9. The predicted octanol–water partition coefficient (Wildman–Crippen LogP) is 5.42. The van der Waals surface area contributed by atoms with Crippen LogP contribution in [0, 0.1) is 11.3 Å². The maximum atomic E-state index is 12.4. The lowest BCUT2D eigenvalue weighted by molar-refractivity contribution is 0.0978. The van der Waals surface area contributed by atoms with Crippen molar-refractivity contribution in [2.24, 2.45) is 0 Å². The molecule has 1 unspecified atom stereocenters. The molecule has 96 valence electrons. The quantitative estimate of drug-likeness (QED) is 0.624. The molecule has 19 heavy (non-hydrogen) atoms. The zero-order valence-electron chi connectivity index (χ0n) is 9.36. The fraction of sp³-hybridized carbons (Fsp3) is 0.0769. The molecule has 0 saturated heterocycles. The van der Waals surface area contributed by atoms with Crippen molar-refractivity contribution in [3.05, 3.63) is 54.1 Å². The van der Waals surface area contributed by atoms with Crippen LogP contribution in [0.1, 0.15) is 21.8 Å². The predicted molar refractivity (Wildman–Crippen MR) is 83.9 cm³/mol. The lowest BCUT2D eigenvalue weighted by Crippen LogP contribution is -2.11. The fourth-order valence-corrected chi connectivity index (χ4v) is 4.70. The van der Waals surface area contributed by atoms with Crippen molar-refractivity contribution < 1.29 is 4.79 Å². The molecule has 1 heterocycles. The lowest BCUT2D eigenvalue weighted by atomic mass is 9.93. The van der Waals surface area contributed by atoms with Crippen LogP contribution in [-0.4, -0.2) is 5.78 Å². The molecule has 0 spiro atoms. The first-order valence-electron chi connectivity index (χ1n) is 5.17. The summed E-state index contributed by atoms with van der Waals surface area (Å²) in [6.07, 6.45) is 0. The maximum absolute atomic E-state index is 12.4. The van der Waals surface area contributed by atoms with Gasteiger partial charge in [-0.1, -0.05) is 29.8 Å². The number of nitrogens with zero attached hydrogens (tertiary/aromatic N) is 1. The third-order valence-electron chi connectivity index (χ3n) is 2.53. The Balaban J connectivity index is 2.44. The Hall–Kier alpha value is -0.670. The summed E-state index contributed by atoms with van der Waals surface area (Å²) < 4.78 is 1.54. The molecule has 0 N–H and O–H groups in total. The number of benzene rings is 1. The van der Waals surface area contributed by atoms with E-state index in [9.17, 15) is 10.1 Å². The molecular weight excluding hydrogens is 413 g/mol. The molecule has 2 rings (SSSR count). The summed E-state index contributed by atoms with van der Waals surface area (Å²) in [7, 11) is 0. The van der Waals surface area contributed by atoms with Gasteiger partial charge >= 0.3 is 0 Å². The SMILES string of the molecule is N#CC(C(=O)c1cc(Br)sc1Br)c1ccccc1Cl. The molecule has 2 aromatic rings. The molecule has 0 bridgehead atoms. The minimum atomic E-state index is -0.897. The molecule has 0 aliphatic carbocycles. The number of hydrogen-bond donors (Lipinski definition) is 0. The molecule has 0 fully saturated rings. The number of halogens is 3. The van der Waals surface area contributed by atoms with Gasteiger partial charge in [0, 0.05) is 10.6 Å². The van der Waals surface area contributed by atoms with Gasteiger partial charge in [-0.15, -0.1) is 11.3 Å². The number of rotatable bonds is 3. The molecule has 0 aliphatic heterocycles. The summed E-state index contributed by atoms with van der Waals surface area (Å²) in [6.45, 7) is 0. The van der Waals surface area contributed by atoms with Crippen LogP contribution in [0.15, 0.2) is 37.9 Å². The van der Waals surface area contributed by atoms with Crippen molar-refractivity contribution in [2.75, 3.05) is 0 Å². The smallest absolute Gasteiger partial charge is 0.186 e. The highest BCUT2D eigenvalue weighted by Crippen LogP contribution is 2.36. The van der Waals surface area contributed by atoms with E-state index in [4.69, 9.17) is 11.6 Å². The Morgan fingerprint density at radius 2 is 2.05 bits per heavy atom. The first kappa shape index (κ1) is 14.7. The Bertz CT molecular complexity index is 678. The number of carbonyl (C=O) groups is 1. The summed E-state index contributed by atoms with van der Waals surface area (Å²) in [5, 5.41) is 9.70. The van der Waals surface area contributed by atoms with Crippen molar-refractivity contribution in [3.63, 3.8) is 0 Å². The van der Waals surface area contributed by atoms with Gasteiger partial charge in [0.25, 0.3) is 0 Å². The van der Waals surface area contributed by atoms with Crippen molar-refractivity contribution >= 4 is 60.6 Å². The van der Waals surface area contributed by atoms with Crippen LogP contribution in [0.4, 0.5) is 0 Å². The zero-order chi connectivity index (χ0) is 14.0. The molecule has 1 aromatic heterocycles. The van der Waals surface area contributed by atoms with Gasteiger partial charge in [-0.2, -0.15) is 5.26 Å². The number of thiophene rings is 1. The van der Waals surface area contributed by atoms with Crippen LogP contribution in [0.3, 0.4) is 0 Å². The topological polar surface area (TPSA) is 40.9 Å². The maximum Gasteiger partial charge on any atom is 0.186 e. The molecule has 0 amide bonds. The van der Waals surface area contributed by atoms with Crippen LogP contribution < -0.4 is 0 Å². The highest BCUT2D eigenvalue weighted by atomic mass is 79.9. The summed E-state index contributed by atoms with van der Waals surface area (Å²) in [5.41, 5.74) is 1.02. The van der Waals surface area contributed by atoms with E-state index in [2.05, 4.69) is 31.9 Å². The minimum Gasteiger partial charge on any atom is -0.292 e. The number of hydrogen-bond acceptors (Lipinski definition) is 3. The second kappa shape index (κ2) is 6.19. The van der Waals surface area contributed by atoms with E-state index in [1.54, 1.807) is 30.3 Å². The van der Waals surface area contributed by atoms with Crippen molar-refractivity contribution in [1.82, 2.24) is 0 Å². The molecule has 0 aliphatic rings. The van der Waals surface area contributed by atoms with Gasteiger partial charge in [-0.25, -0.2) is 0 Å². The van der Waals surface area contributed by atoms with Crippen LogP contribution in [0.2, 0.25) is 5.02 Å². The number of ketones is 1. The third kappa shape index (κ3) is 3.09. The number of nitriles is 1. The van der Waals surface area contributed by atoms with Gasteiger partial charge in [0.15, 0.2) is 5.78 Å². The second-order valence-corrected chi connectivity index (χ2v) is 7.84. The first-order valence-corrected chi connectivity index (χ1v) is 7.95. The van der Waals surface area contributed by atoms with Crippen LogP contribution in [-0.2, 0) is 0 Å². The Morgan fingerprint density at radius 1 is 1.37 bits per heavy atom. The Morgan fingerprint density at radius 3 is 2.58 bits per heavy atom. The Kier molecular flexibility index (Phi) is 4.80. The molecule has 2 nitrogen and oxygen atoms in total. The third-order valence-corrected chi connectivity index (χ3v) is 5.21. The minimum absolute atomic E-state index is 0.260. The van der Waals surface area contributed by atoms with Gasteiger partial charge in [0.1, 0.15) is 5.92 Å². The molecule has 1 aromatic carbocycles. The van der Waals surface area contributed by atoms with Gasteiger partial charge in [0.2, 0.25) is 0 Å². The molecule has 0 saturated carbocycles. The van der Waals surface area contributed by atoms with E-state index in [0.717, 1.165) is 3.79 Å². The van der Waals surface area contributed by atoms with Gasteiger partial charge in [-0.05, 0) is 49.6 Å². The second-order valence-electron chi connectivity index (χ2n) is 3.69. The average molecular weight is 420 g/mol. The van der Waals surface area contributed by atoms with E-state index < -0.39 is 5.92 Å². The first-order chi connectivity index (χ1) is 9.04.